The van der Waals surface area contributed by atoms with E-state index in [2.05, 4.69) is 0 Å². The molecule has 0 heterocycles. The Morgan fingerprint density at radius 2 is 1.87 bits per heavy atom. The Morgan fingerprint density at radius 1 is 1.17 bits per heavy atom. The third kappa shape index (κ3) is 5.76. The highest BCUT2D eigenvalue weighted by atomic mass is 35.5. The van der Waals surface area contributed by atoms with Crippen LogP contribution < -0.4 is 4.90 Å². The van der Waals surface area contributed by atoms with E-state index in [4.69, 9.17) is 32.7 Å². The lowest BCUT2D eigenvalue weighted by Gasteiger charge is -2.24. The number of hydrogen-bond acceptors (Lipinski definition) is 5. The molecule has 0 atom stereocenters. The number of unbranched alkanes of at least 4 members (excludes halogenated alkanes) is 1. The van der Waals surface area contributed by atoms with Crippen LogP contribution in [-0.4, -0.2) is 37.4 Å². The largest absolute Gasteiger partial charge is 0.501 e. The first-order chi connectivity index (χ1) is 14.4. The molecule has 1 aliphatic carbocycles. The first-order valence-electron chi connectivity index (χ1n) is 10.2. The van der Waals surface area contributed by atoms with Gasteiger partial charge in [-0.1, -0.05) is 36.5 Å². The molecule has 0 spiro atoms. The van der Waals surface area contributed by atoms with Crippen LogP contribution in [0.25, 0.3) is 0 Å². The minimum atomic E-state index is -0.631. The van der Waals surface area contributed by atoms with Crippen LogP contribution in [-0.2, 0) is 14.3 Å². The molecule has 0 saturated heterocycles. The maximum atomic E-state index is 13.4. The molecule has 0 aromatic heterocycles. The van der Waals surface area contributed by atoms with Crippen molar-refractivity contribution in [2.75, 3.05) is 24.7 Å². The lowest BCUT2D eigenvalue weighted by Crippen LogP contribution is -2.33. The van der Waals surface area contributed by atoms with Crippen LogP contribution in [0.3, 0.4) is 0 Å². The number of rotatable bonds is 11. The van der Waals surface area contributed by atoms with Crippen molar-refractivity contribution >= 4 is 46.5 Å². The Balaban J connectivity index is 2.48. The standard InChI is InChI=1S/C22H27Cl2NO5/c1-4-7-12-30-22(28)25(5-2)19-15(10-11-17(23)18(19)24)21(27)16(13-29-6-3)20(26)14-8-9-14/h10-11,13-14H,4-9,12H2,1-3H3. The summed E-state index contributed by atoms with van der Waals surface area (Å²) in [5.74, 6) is -0.999. The van der Waals surface area contributed by atoms with Gasteiger partial charge in [0.1, 0.15) is 5.57 Å². The number of anilines is 1. The molecular formula is C22H27Cl2NO5. The monoisotopic (exact) mass is 455 g/mol. The summed E-state index contributed by atoms with van der Waals surface area (Å²) in [6.45, 7) is 6.25. The zero-order valence-corrected chi connectivity index (χ0v) is 19.0. The van der Waals surface area contributed by atoms with E-state index in [-0.39, 0.29) is 51.7 Å². The van der Waals surface area contributed by atoms with Crippen molar-refractivity contribution < 1.29 is 23.9 Å². The van der Waals surface area contributed by atoms with Crippen LogP contribution in [0, 0.1) is 5.92 Å². The van der Waals surface area contributed by atoms with Crippen molar-refractivity contribution in [1.29, 1.82) is 0 Å². The molecule has 0 unspecified atom stereocenters. The van der Waals surface area contributed by atoms with Gasteiger partial charge >= 0.3 is 6.09 Å². The van der Waals surface area contributed by atoms with Gasteiger partial charge in [-0.2, -0.15) is 0 Å². The number of halogens is 2. The number of amides is 1. The smallest absolute Gasteiger partial charge is 0.414 e. The maximum absolute atomic E-state index is 13.4. The summed E-state index contributed by atoms with van der Waals surface area (Å²) in [5, 5.41) is 0.235. The molecule has 2 rings (SSSR count). The lowest BCUT2D eigenvalue weighted by molar-refractivity contribution is -0.116. The van der Waals surface area contributed by atoms with Gasteiger partial charge in [-0.15, -0.1) is 0 Å². The molecule has 1 aliphatic rings. The van der Waals surface area contributed by atoms with Crippen LogP contribution in [0.1, 0.15) is 56.8 Å². The first-order valence-corrected chi connectivity index (χ1v) is 11.0. The van der Waals surface area contributed by atoms with Crippen LogP contribution in [0.4, 0.5) is 10.5 Å². The average Bonchev–Trinajstić information content (AvgIpc) is 3.57. The van der Waals surface area contributed by atoms with Gasteiger partial charge in [-0.3, -0.25) is 14.5 Å². The summed E-state index contributed by atoms with van der Waals surface area (Å²) in [5.41, 5.74) is 0.164. The molecule has 1 aromatic rings. The fourth-order valence-corrected chi connectivity index (χ4v) is 3.27. The molecule has 0 aliphatic heterocycles. The predicted molar refractivity (Wildman–Crippen MR) is 118 cm³/mol. The summed E-state index contributed by atoms with van der Waals surface area (Å²) in [7, 11) is 0. The van der Waals surface area contributed by atoms with Crippen LogP contribution >= 0.6 is 23.2 Å². The Labute approximate surface area is 187 Å². The zero-order chi connectivity index (χ0) is 22.3. The molecule has 1 saturated carbocycles. The van der Waals surface area contributed by atoms with Crippen LogP contribution in [0.2, 0.25) is 10.0 Å². The van der Waals surface area contributed by atoms with Crippen molar-refractivity contribution in [3.63, 3.8) is 0 Å². The topological polar surface area (TPSA) is 72.9 Å². The van der Waals surface area contributed by atoms with Gasteiger partial charge in [0, 0.05) is 18.0 Å². The van der Waals surface area contributed by atoms with Gasteiger partial charge < -0.3 is 9.47 Å². The SMILES string of the molecule is CCCCOC(=O)N(CC)c1c(C(=O)C(=COCC)C(=O)C2CC2)ccc(Cl)c1Cl. The Bertz CT molecular complexity index is 833. The number of allylic oxidation sites excluding steroid dienone is 1. The van der Waals surface area contributed by atoms with E-state index in [0.717, 1.165) is 25.7 Å². The number of hydrogen-bond donors (Lipinski definition) is 0. The van der Waals surface area contributed by atoms with E-state index in [0.29, 0.717) is 6.61 Å². The number of carbonyl (C=O) groups is 3. The molecule has 1 amide bonds. The van der Waals surface area contributed by atoms with Crippen molar-refractivity contribution in [3.05, 3.63) is 39.6 Å². The van der Waals surface area contributed by atoms with E-state index >= 15 is 0 Å². The third-order valence-corrected chi connectivity index (χ3v) is 5.46. The highest BCUT2D eigenvalue weighted by Crippen LogP contribution is 2.39. The van der Waals surface area contributed by atoms with Gasteiger partial charge in [0.05, 0.1) is 35.2 Å². The summed E-state index contributed by atoms with van der Waals surface area (Å²) < 4.78 is 10.6. The maximum Gasteiger partial charge on any atom is 0.414 e. The van der Waals surface area contributed by atoms with E-state index in [1.54, 1.807) is 13.8 Å². The van der Waals surface area contributed by atoms with Gasteiger partial charge in [0.2, 0.25) is 5.78 Å². The quantitative estimate of drug-likeness (QED) is 0.105. The molecule has 1 aromatic carbocycles. The fourth-order valence-electron chi connectivity index (χ4n) is 2.85. The summed E-state index contributed by atoms with van der Waals surface area (Å²) in [4.78, 5) is 40.0. The van der Waals surface area contributed by atoms with E-state index < -0.39 is 11.9 Å². The minimum absolute atomic E-state index is 0.0476. The number of ketones is 2. The molecule has 164 valence electrons. The van der Waals surface area contributed by atoms with Crippen molar-refractivity contribution in [2.24, 2.45) is 5.92 Å². The normalized spacial score (nSPS) is 13.7. The predicted octanol–water partition coefficient (Wildman–Crippen LogP) is 5.84. The highest BCUT2D eigenvalue weighted by Gasteiger charge is 2.37. The fraction of sp³-hybridized carbons (Fsp3) is 0.500. The Morgan fingerprint density at radius 3 is 2.43 bits per heavy atom. The zero-order valence-electron chi connectivity index (χ0n) is 17.5. The number of carbonyl (C=O) groups excluding carboxylic acids is 3. The second-order valence-electron chi connectivity index (χ2n) is 6.92. The molecule has 8 heteroatoms. The van der Waals surface area contributed by atoms with Crippen LogP contribution in [0.15, 0.2) is 24.0 Å². The van der Waals surface area contributed by atoms with Crippen molar-refractivity contribution in [2.45, 2.75) is 46.5 Å². The van der Waals surface area contributed by atoms with Crippen molar-refractivity contribution in [3.8, 4) is 0 Å². The highest BCUT2D eigenvalue weighted by molar-refractivity contribution is 6.45. The lowest BCUT2D eigenvalue weighted by atomic mass is 9.97. The number of benzene rings is 1. The van der Waals surface area contributed by atoms with Crippen molar-refractivity contribution in [1.82, 2.24) is 0 Å². The Hall–Kier alpha value is -2.05. The van der Waals surface area contributed by atoms with E-state index in [1.165, 1.54) is 23.3 Å². The van der Waals surface area contributed by atoms with Gasteiger partial charge in [-0.25, -0.2) is 4.79 Å². The Kier molecular flexibility index (Phi) is 9.18. The molecule has 6 nitrogen and oxygen atoms in total. The van der Waals surface area contributed by atoms with Gasteiger partial charge in [0.15, 0.2) is 5.78 Å². The summed E-state index contributed by atoms with van der Waals surface area (Å²) >= 11 is 12.6. The number of nitrogens with zero attached hydrogens (tertiary/aromatic N) is 1. The molecule has 0 radical (unpaired) electrons. The number of Topliss-reactive ketones (excluding diaryl/α,β-unsaturated/α-hetero) is 2. The second kappa shape index (κ2) is 11.4. The summed E-state index contributed by atoms with van der Waals surface area (Å²) in [6.07, 6.45) is 3.65. The molecule has 0 bridgehead atoms. The van der Waals surface area contributed by atoms with E-state index in [1.807, 2.05) is 6.92 Å². The molecule has 0 N–H and O–H groups in total. The second-order valence-corrected chi connectivity index (χ2v) is 7.71. The summed E-state index contributed by atoms with van der Waals surface area (Å²) in [6, 6.07) is 2.94. The van der Waals surface area contributed by atoms with Gasteiger partial charge in [0.25, 0.3) is 0 Å². The minimum Gasteiger partial charge on any atom is -0.501 e. The average molecular weight is 456 g/mol. The molecule has 1 fully saturated rings. The van der Waals surface area contributed by atoms with E-state index in [9.17, 15) is 14.4 Å². The molecular weight excluding hydrogens is 429 g/mol. The third-order valence-electron chi connectivity index (χ3n) is 4.67. The number of ether oxygens (including phenoxy) is 2. The van der Waals surface area contributed by atoms with Gasteiger partial charge in [-0.05, 0) is 45.2 Å². The first kappa shape index (κ1) is 24.2. The van der Waals surface area contributed by atoms with Crippen LogP contribution in [0.5, 0.6) is 0 Å². The molecule has 30 heavy (non-hydrogen) atoms.